The van der Waals surface area contributed by atoms with Gasteiger partial charge in [-0.3, -0.25) is 9.59 Å². The van der Waals surface area contributed by atoms with Crippen LogP contribution >= 0.6 is 0 Å². The van der Waals surface area contributed by atoms with E-state index in [4.69, 9.17) is 23.7 Å². The standard InChI is InChI=1S/C19H26O7/c1-5-15(23-11-14-9-7-6-8-10-14)16-17(22-4)18(24-12(2)20)19(26-16)25-13(3)21/h6-10,15-19H,5,11H2,1-4H3/t15-,16-,17-,18-,19+/m1/s1. The van der Waals surface area contributed by atoms with Gasteiger partial charge in [0.2, 0.25) is 6.29 Å². The third-order valence-electron chi connectivity index (χ3n) is 4.14. The van der Waals surface area contributed by atoms with Gasteiger partial charge < -0.3 is 23.7 Å². The Hall–Kier alpha value is -1.96. The van der Waals surface area contributed by atoms with Crippen molar-refractivity contribution in [2.45, 2.75) is 64.5 Å². The van der Waals surface area contributed by atoms with E-state index >= 15 is 0 Å². The van der Waals surface area contributed by atoms with E-state index in [9.17, 15) is 9.59 Å². The zero-order valence-electron chi connectivity index (χ0n) is 15.5. The topological polar surface area (TPSA) is 80.3 Å². The van der Waals surface area contributed by atoms with Crippen LogP contribution in [0.3, 0.4) is 0 Å². The van der Waals surface area contributed by atoms with Crippen molar-refractivity contribution in [3.63, 3.8) is 0 Å². The van der Waals surface area contributed by atoms with Crippen molar-refractivity contribution in [1.82, 2.24) is 0 Å². The monoisotopic (exact) mass is 366 g/mol. The predicted molar refractivity (Wildman–Crippen MR) is 92.1 cm³/mol. The molecular weight excluding hydrogens is 340 g/mol. The lowest BCUT2D eigenvalue weighted by Crippen LogP contribution is -2.43. The van der Waals surface area contributed by atoms with Crippen molar-refractivity contribution in [1.29, 1.82) is 0 Å². The highest BCUT2D eigenvalue weighted by molar-refractivity contribution is 5.67. The van der Waals surface area contributed by atoms with Crippen LogP contribution in [0.4, 0.5) is 0 Å². The van der Waals surface area contributed by atoms with Gasteiger partial charge in [0.05, 0.1) is 12.7 Å². The number of carbonyl (C=O) groups is 2. The van der Waals surface area contributed by atoms with Gasteiger partial charge in [-0.15, -0.1) is 0 Å². The molecule has 1 aromatic rings. The second kappa shape index (κ2) is 9.66. The van der Waals surface area contributed by atoms with Crippen LogP contribution in [0.5, 0.6) is 0 Å². The molecule has 144 valence electrons. The van der Waals surface area contributed by atoms with E-state index in [-0.39, 0.29) is 6.10 Å². The average Bonchev–Trinajstić information content (AvgIpc) is 2.92. The Morgan fingerprint density at radius 2 is 1.73 bits per heavy atom. The number of hydrogen-bond donors (Lipinski definition) is 0. The highest BCUT2D eigenvalue weighted by atomic mass is 16.7. The largest absolute Gasteiger partial charge is 0.453 e. The van der Waals surface area contributed by atoms with E-state index in [1.165, 1.54) is 21.0 Å². The Labute approximate surface area is 153 Å². The minimum atomic E-state index is -1.03. The third kappa shape index (κ3) is 5.27. The summed E-state index contributed by atoms with van der Waals surface area (Å²) >= 11 is 0. The number of ether oxygens (including phenoxy) is 5. The molecule has 0 unspecified atom stereocenters. The minimum Gasteiger partial charge on any atom is -0.453 e. The summed E-state index contributed by atoms with van der Waals surface area (Å²) < 4.78 is 27.8. The smallest absolute Gasteiger partial charge is 0.305 e. The predicted octanol–water partition coefficient (Wildman–Crippen LogP) is 2.22. The van der Waals surface area contributed by atoms with E-state index in [1.54, 1.807) is 0 Å². The minimum absolute atomic E-state index is 0.321. The van der Waals surface area contributed by atoms with Crippen molar-refractivity contribution in [2.24, 2.45) is 0 Å². The van der Waals surface area contributed by atoms with Crippen molar-refractivity contribution in [3.8, 4) is 0 Å². The van der Waals surface area contributed by atoms with Crippen molar-refractivity contribution >= 4 is 11.9 Å². The molecule has 2 rings (SSSR count). The summed E-state index contributed by atoms with van der Waals surface area (Å²) in [6.45, 7) is 4.93. The molecule has 0 radical (unpaired) electrons. The van der Waals surface area contributed by atoms with Crippen LogP contribution in [-0.4, -0.2) is 49.8 Å². The average molecular weight is 366 g/mol. The lowest BCUT2D eigenvalue weighted by Gasteiger charge is -2.27. The quantitative estimate of drug-likeness (QED) is 0.653. The van der Waals surface area contributed by atoms with Crippen molar-refractivity contribution in [2.75, 3.05) is 7.11 Å². The van der Waals surface area contributed by atoms with Crippen LogP contribution in [0.2, 0.25) is 0 Å². The van der Waals surface area contributed by atoms with E-state index in [0.717, 1.165) is 5.56 Å². The van der Waals surface area contributed by atoms with E-state index in [2.05, 4.69) is 0 Å². The van der Waals surface area contributed by atoms with E-state index in [1.807, 2.05) is 37.3 Å². The first-order valence-corrected chi connectivity index (χ1v) is 8.64. The molecule has 0 amide bonds. The molecule has 26 heavy (non-hydrogen) atoms. The normalized spacial score (nSPS) is 26.3. The maximum absolute atomic E-state index is 11.4. The summed E-state index contributed by atoms with van der Waals surface area (Å²) in [5, 5.41) is 0. The Balaban J connectivity index is 2.12. The first-order valence-electron chi connectivity index (χ1n) is 8.64. The maximum Gasteiger partial charge on any atom is 0.305 e. The van der Waals surface area contributed by atoms with Gasteiger partial charge in [-0.1, -0.05) is 37.3 Å². The van der Waals surface area contributed by atoms with Crippen LogP contribution in [-0.2, 0) is 39.9 Å². The summed E-state index contributed by atoms with van der Waals surface area (Å²) in [6.07, 6.45) is -2.69. The molecule has 0 aliphatic carbocycles. The summed E-state index contributed by atoms with van der Waals surface area (Å²) in [5.74, 6) is -1.03. The number of carbonyl (C=O) groups excluding carboxylic acids is 2. The molecule has 0 spiro atoms. The van der Waals surface area contributed by atoms with E-state index in [0.29, 0.717) is 13.0 Å². The molecule has 0 N–H and O–H groups in total. The first-order chi connectivity index (χ1) is 12.5. The highest BCUT2D eigenvalue weighted by Gasteiger charge is 2.52. The van der Waals surface area contributed by atoms with Gasteiger partial charge in [-0.05, 0) is 12.0 Å². The van der Waals surface area contributed by atoms with Gasteiger partial charge in [0.1, 0.15) is 12.2 Å². The zero-order valence-corrected chi connectivity index (χ0v) is 15.5. The molecule has 1 heterocycles. The SMILES string of the molecule is CC[C@@H](OCc1ccccc1)[C@H]1O[C@H](OC(C)=O)[C@H](OC(C)=O)[C@@H]1OC. The molecule has 0 saturated carbocycles. The summed E-state index contributed by atoms with van der Waals surface area (Å²) in [5.41, 5.74) is 1.03. The molecule has 7 heteroatoms. The molecule has 1 saturated heterocycles. The number of esters is 2. The van der Waals surface area contributed by atoms with Gasteiger partial charge in [-0.2, -0.15) is 0 Å². The first kappa shape index (κ1) is 20.4. The molecule has 1 aliphatic rings. The fraction of sp³-hybridized carbons (Fsp3) is 0.579. The molecule has 1 fully saturated rings. The van der Waals surface area contributed by atoms with Crippen LogP contribution in [0.15, 0.2) is 30.3 Å². The van der Waals surface area contributed by atoms with Crippen LogP contribution in [0, 0.1) is 0 Å². The lowest BCUT2D eigenvalue weighted by molar-refractivity contribution is -0.201. The van der Waals surface area contributed by atoms with E-state index < -0.39 is 36.5 Å². The second-order valence-corrected chi connectivity index (χ2v) is 6.10. The zero-order chi connectivity index (χ0) is 19.1. The maximum atomic E-state index is 11.4. The van der Waals surface area contributed by atoms with Gasteiger partial charge in [-0.25, -0.2) is 0 Å². The van der Waals surface area contributed by atoms with Crippen LogP contribution < -0.4 is 0 Å². The van der Waals surface area contributed by atoms with Gasteiger partial charge >= 0.3 is 11.9 Å². The summed E-state index contributed by atoms with van der Waals surface area (Å²) in [6, 6.07) is 9.77. The Morgan fingerprint density at radius 1 is 1.08 bits per heavy atom. The molecule has 1 aromatic carbocycles. The van der Waals surface area contributed by atoms with Crippen LogP contribution in [0.1, 0.15) is 32.8 Å². The number of methoxy groups -OCH3 is 1. The Bertz CT molecular complexity index is 589. The van der Waals surface area contributed by atoms with Gasteiger partial charge in [0.15, 0.2) is 6.10 Å². The molecular formula is C19H26O7. The number of hydrogen-bond acceptors (Lipinski definition) is 7. The third-order valence-corrected chi connectivity index (χ3v) is 4.14. The summed E-state index contributed by atoms with van der Waals surface area (Å²) in [4.78, 5) is 22.8. The highest BCUT2D eigenvalue weighted by Crippen LogP contribution is 2.31. The lowest BCUT2D eigenvalue weighted by atomic mass is 10.0. The number of benzene rings is 1. The fourth-order valence-corrected chi connectivity index (χ4v) is 3.01. The molecule has 5 atom stereocenters. The molecule has 0 bridgehead atoms. The molecule has 7 nitrogen and oxygen atoms in total. The number of rotatable bonds is 8. The van der Waals surface area contributed by atoms with Crippen LogP contribution in [0.25, 0.3) is 0 Å². The second-order valence-electron chi connectivity index (χ2n) is 6.10. The van der Waals surface area contributed by atoms with Crippen molar-refractivity contribution in [3.05, 3.63) is 35.9 Å². The van der Waals surface area contributed by atoms with Gasteiger partial charge in [0.25, 0.3) is 0 Å². The fourth-order valence-electron chi connectivity index (χ4n) is 3.01. The Kier molecular flexibility index (Phi) is 7.56. The van der Waals surface area contributed by atoms with Gasteiger partial charge in [0, 0.05) is 21.0 Å². The summed E-state index contributed by atoms with van der Waals surface area (Å²) in [7, 11) is 1.50. The Morgan fingerprint density at radius 3 is 2.27 bits per heavy atom. The molecule has 1 aliphatic heterocycles. The van der Waals surface area contributed by atoms with Crippen molar-refractivity contribution < 1.29 is 33.3 Å². The molecule has 0 aromatic heterocycles.